The Morgan fingerprint density at radius 2 is 2.11 bits per heavy atom. The Balaban J connectivity index is 2.50. The second-order valence-corrected chi connectivity index (χ2v) is 4.35. The zero-order valence-corrected chi connectivity index (χ0v) is 11.8. The first-order valence-electron chi connectivity index (χ1n) is 5.61. The number of carbonyl (C=O) groups excluding carboxylic acids is 2. The molecule has 0 saturated carbocycles. The summed E-state index contributed by atoms with van der Waals surface area (Å²) in [6, 6.07) is 4.86. The Bertz CT molecular complexity index is 501. The number of amides is 1. The number of ether oxygens (including phenoxy) is 1. The minimum atomic E-state index is -0.561. The van der Waals surface area contributed by atoms with Crippen LogP contribution >= 0.6 is 23.2 Å². The molecule has 19 heavy (non-hydrogen) atoms. The summed E-state index contributed by atoms with van der Waals surface area (Å²) in [5.41, 5.74) is 0.374. The van der Waals surface area contributed by atoms with Crippen LogP contribution < -0.4 is 5.32 Å². The van der Waals surface area contributed by atoms with E-state index in [9.17, 15) is 9.59 Å². The summed E-state index contributed by atoms with van der Waals surface area (Å²) in [5, 5.41) is 3.09. The molecule has 102 valence electrons. The third kappa shape index (κ3) is 5.32. The lowest BCUT2D eigenvalue weighted by molar-refractivity contribution is -0.142. The van der Waals surface area contributed by atoms with Crippen molar-refractivity contribution in [1.29, 1.82) is 0 Å². The van der Waals surface area contributed by atoms with Gasteiger partial charge >= 0.3 is 5.97 Å². The second-order valence-electron chi connectivity index (χ2n) is 3.57. The number of hydrogen-bond donors (Lipinski definition) is 1. The second kappa shape index (κ2) is 7.81. The average Bonchev–Trinajstić information content (AvgIpc) is 2.39. The van der Waals surface area contributed by atoms with Crippen LogP contribution in [0.2, 0.25) is 10.0 Å². The highest BCUT2D eigenvalue weighted by Gasteiger charge is 2.09. The zero-order chi connectivity index (χ0) is 14.3. The van der Waals surface area contributed by atoms with E-state index in [1.54, 1.807) is 24.3 Å². The van der Waals surface area contributed by atoms with Gasteiger partial charge in [-0.3, -0.25) is 4.79 Å². The largest absolute Gasteiger partial charge is 0.452 e. The van der Waals surface area contributed by atoms with Gasteiger partial charge in [-0.05, 0) is 18.6 Å². The summed E-state index contributed by atoms with van der Waals surface area (Å²) in [5.74, 6) is -1.04. The van der Waals surface area contributed by atoms with Gasteiger partial charge in [0.1, 0.15) is 0 Å². The number of allylic oxidation sites excluding steroid dienone is 1. The van der Waals surface area contributed by atoms with Crippen LogP contribution in [0.25, 0.3) is 0 Å². The number of rotatable bonds is 5. The number of benzene rings is 1. The topological polar surface area (TPSA) is 55.4 Å². The third-order valence-corrected chi connectivity index (χ3v) is 2.88. The molecule has 0 saturated heterocycles. The Morgan fingerprint density at radius 3 is 2.79 bits per heavy atom. The van der Waals surface area contributed by atoms with Gasteiger partial charge in [0.2, 0.25) is 0 Å². The van der Waals surface area contributed by atoms with Gasteiger partial charge in [0, 0.05) is 6.08 Å². The van der Waals surface area contributed by atoms with Crippen LogP contribution in [0.5, 0.6) is 0 Å². The summed E-state index contributed by atoms with van der Waals surface area (Å²) >= 11 is 11.7. The van der Waals surface area contributed by atoms with E-state index in [1.165, 1.54) is 6.08 Å². The van der Waals surface area contributed by atoms with E-state index in [4.69, 9.17) is 27.9 Å². The number of carbonyl (C=O) groups is 2. The van der Waals surface area contributed by atoms with Crippen LogP contribution in [0, 0.1) is 0 Å². The van der Waals surface area contributed by atoms with E-state index in [0.29, 0.717) is 10.7 Å². The van der Waals surface area contributed by atoms with Gasteiger partial charge in [0.25, 0.3) is 5.91 Å². The van der Waals surface area contributed by atoms with Gasteiger partial charge in [-0.2, -0.15) is 0 Å². The van der Waals surface area contributed by atoms with Crippen LogP contribution in [0.4, 0.5) is 5.69 Å². The van der Waals surface area contributed by atoms with Crippen LogP contribution in [-0.4, -0.2) is 18.5 Å². The van der Waals surface area contributed by atoms with Crippen molar-refractivity contribution in [3.8, 4) is 0 Å². The van der Waals surface area contributed by atoms with Crippen molar-refractivity contribution < 1.29 is 14.3 Å². The first kappa shape index (κ1) is 15.5. The highest BCUT2D eigenvalue weighted by atomic mass is 35.5. The SMILES string of the molecule is CC/C=C/C(=O)OCC(=O)Nc1cccc(Cl)c1Cl. The molecule has 0 aliphatic rings. The highest BCUT2D eigenvalue weighted by Crippen LogP contribution is 2.29. The maximum absolute atomic E-state index is 11.5. The molecule has 1 amide bonds. The third-order valence-electron chi connectivity index (χ3n) is 2.06. The van der Waals surface area contributed by atoms with Gasteiger partial charge in [-0.25, -0.2) is 4.79 Å². The molecule has 4 nitrogen and oxygen atoms in total. The molecule has 0 atom stereocenters. The summed E-state index contributed by atoms with van der Waals surface area (Å²) in [6.07, 6.45) is 3.65. The predicted octanol–water partition coefficient (Wildman–Crippen LogP) is 3.44. The summed E-state index contributed by atoms with van der Waals surface area (Å²) in [7, 11) is 0. The molecule has 0 bridgehead atoms. The lowest BCUT2D eigenvalue weighted by atomic mass is 10.3. The van der Waals surface area contributed by atoms with Crippen LogP contribution in [0.1, 0.15) is 13.3 Å². The first-order valence-corrected chi connectivity index (χ1v) is 6.37. The molecule has 0 aliphatic carbocycles. The van der Waals surface area contributed by atoms with Crippen molar-refractivity contribution in [2.75, 3.05) is 11.9 Å². The fraction of sp³-hybridized carbons (Fsp3) is 0.231. The van der Waals surface area contributed by atoms with Crippen molar-refractivity contribution >= 4 is 40.8 Å². The van der Waals surface area contributed by atoms with E-state index in [0.717, 1.165) is 6.42 Å². The lowest BCUT2D eigenvalue weighted by Gasteiger charge is -2.07. The average molecular weight is 302 g/mol. The standard InChI is InChI=1S/C13H13Cl2NO3/c1-2-3-7-12(18)19-8-11(17)16-10-6-4-5-9(14)13(10)15/h3-7H,2,8H2,1H3,(H,16,17)/b7-3+. The van der Waals surface area contributed by atoms with Gasteiger partial charge in [-0.1, -0.05) is 42.3 Å². The molecule has 0 spiro atoms. The van der Waals surface area contributed by atoms with Crippen molar-refractivity contribution in [2.24, 2.45) is 0 Å². The number of anilines is 1. The Kier molecular flexibility index (Phi) is 6.39. The molecular formula is C13H13Cl2NO3. The molecule has 1 aromatic rings. The number of esters is 1. The van der Waals surface area contributed by atoms with Gasteiger partial charge in [-0.15, -0.1) is 0 Å². The molecule has 0 fully saturated rings. The zero-order valence-electron chi connectivity index (χ0n) is 10.3. The summed E-state index contributed by atoms with van der Waals surface area (Å²) in [4.78, 5) is 22.7. The van der Waals surface area contributed by atoms with Crippen molar-refractivity contribution in [3.05, 3.63) is 40.4 Å². The van der Waals surface area contributed by atoms with Crippen molar-refractivity contribution in [3.63, 3.8) is 0 Å². The maximum Gasteiger partial charge on any atom is 0.330 e. The summed E-state index contributed by atoms with van der Waals surface area (Å²) in [6.45, 7) is 1.51. The Hall–Kier alpha value is -1.52. The first-order chi connectivity index (χ1) is 9.04. The fourth-order valence-corrected chi connectivity index (χ4v) is 1.53. The van der Waals surface area contributed by atoms with Crippen molar-refractivity contribution in [2.45, 2.75) is 13.3 Å². The maximum atomic E-state index is 11.5. The quantitative estimate of drug-likeness (QED) is 0.669. The summed E-state index contributed by atoms with van der Waals surface area (Å²) < 4.78 is 4.73. The normalized spacial score (nSPS) is 10.5. The van der Waals surface area contributed by atoms with Crippen LogP contribution in [0.15, 0.2) is 30.4 Å². The van der Waals surface area contributed by atoms with Gasteiger partial charge < -0.3 is 10.1 Å². The minimum Gasteiger partial charge on any atom is -0.452 e. The lowest BCUT2D eigenvalue weighted by Crippen LogP contribution is -2.20. The molecule has 1 aromatic carbocycles. The molecule has 0 aliphatic heterocycles. The molecule has 0 heterocycles. The smallest absolute Gasteiger partial charge is 0.330 e. The van der Waals surface area contributed by atoms with Crippen LogP contribution in [0.3, 0.4) is 0 Å². The fourth-order valence-electron chi connectivity index (χ4n) is 1.19. The minimum absolute atomic E-state index is 0.245. The van der Waals surface area contributed by atoms with E-state index in [1.807, 2.05) is 6.92 Å². The van der Waals surface area contributed by atoms with E-state index < -0.39 is 11.9 Å². The molecule has 0 unspecified atom stereocenters. The number of hydrogen-bond acceptors (Lipinski definition) is 3. The van der Waals surface area contributed by atoms with E-state index in [-0.39, 0.29) is 11.6 Å². The van der Waals surface area contributed by atoms with Gasteiger partial charge in [0.05, 0.1) is 15.7 Å². The molecule has 1 rings (SSSR count). The number of halogens is 2. The molecule has 6 heteroatoms. The highest BCUT2D eigenvalue weighted by molar-refractivity contribution is 6.43. The molecule has 0 aromatic heterocycles. The number of nitrogens with one attached hydrogen (secondary N) is 1. The van der Waals surface area contributed by atoms with E-state index >= 15 is 0 Å². The monoisotopic (exact) mass is 301 g/mol. The Labute approximate surface area is 121 Å². The molecule has 0 radical (unpaired) electrons. The molecule has 1 N–H and O–H groups in total. The van der Waals surface area contributed by atoms with Gasteiger partial charge in [0.15, 0.2) is 6.61 Å². The molecular weight excluding hydrogens is 289 g/mol. The predicted molar refractivity (Wildman–Crippen MR) is 75.5 cm³/mol. The van der Waals surface area contributed by atoms with E-state index in [2.05, 4.69) is 5.32 Å². The van der Waals surface area contributed by atoms with Crippen LogP contribution in [-0.2, 0) is 14.3 Å². The van der Waals surface area contributed by atoms with Crippen molar-refractivity contribution in [1.82, 2.24) is 0 Å². The Morgan fingerprint density at radius 1 is 1.37 bits per heavy atom.